The minimum absolute atomic E-state index is 0.377. The number of carbonyl (C=O) groups excluding carboxylic acids is 1. The molecule has 20 heavy (non-hydrogen) atoms. The number of amides is 2. The van der Waals surface area contributed by atoms with Gasteiger partial charge in [-0.3, -0.25) is 0 Å². The summed E-state index contributed by atoms with van der Waals surface area (Å²) in [6, 6.07) is 12.0. The first kappa shape index (κ1) is 14.7. The van der Waals surface area contributed by atoms with Crippen molar-refractivity contribution in [1.29, 1.82) is 0 Å². The van der Waals surface area contributed by atoms with Gasteiger partial charge in [-0.2, -0.15) is 0 Å². The summed E-state index contributed by atoms with van der Waals surface area (Å²) in [5, 5.41) is 5.96. The molecule has 0 aliphatic heterocycles. The van der Waals surface area contributed by atoms with Crippen molar-refractivity contribution in [3.8, 4) is 5.75 Å². The minimum Gasteiger partial charge on any atom is -0.495 e. The average Bonchev–Trinajstić information content (AvgIpc) is 2.44. The molecule has 0 radical (unpaired) electrons. The standard InChI is InChI=1S/C14H12BrClN2O2/c1-20-12-8-3-2-6-10(12)17-14(19)18-11-7-4-5-9(16)13(11)15/h2-8H,1H3,(H2,17,18,19). The van der Waals surface area contributed by atoms with Gasteiger partial charge in [0.15, 0.2) is 0 Å². The molecule has 0 heterocycles. The quantitative estimate of drug-likeness (QED) is 0.834. The van der Waals surface area contributed by atoms with E-state index in [4.69, 9.17) is 16.3 Å². The number of halogens is 2. The molecule has 2 amide bonds. The number of benzene rings is 2. The van der Waals surface area contributed by atoms with Crippen molar-refractivity contribution in [2.45, 2.75) is 0 Å². The van der Waals surface area contributed by atoms with E-state index < -0.39 is 0 Å². The maximum atomic E-state index is 12.0. The Balaban J connectivity index is 2.11. The van der Waals surface area contributed by atoms with Gasteiger partial charge in [0.25, 0.3) is 0 Å². The third-order valence-electron chi connectivity index (χ3n) is 2.55. The summed E-state index contributed by atoms with van der Waals surface area (Å²) in [7, 11) is 1.55. The number of urea groups is 1. The molecule has 4 nitrogen and oxygen atoms in total. The molecular formula is C14H12BrClN2O2. The van der Waals surface area contributed by atoms with Crippen LogP contribution in [0, 0.1) is 0 Å². The largest absolute Gasteiger partial charge is 0.495 e. The normalized spacial score (nSPS) is 9.95. The molecule has 0 saturated carbocycles. The van der Waals surface area contributed by atoms with Crippen LogP contribution in [0.25, 0.3) is 0 Å². The molecule has 2 aromatic carbocycles. The molecule has 2 N–H and O–H groups in total. The number of anilines is 2. The third-order valence-corrected chi connectivity index (χ3v) is 3.95. The van der Waals surface area contributed by atoms with Crippen LogP contribution >= 0.6 is 27.5 Å². The number of rotatable bonds is 3. The van der Waals surface area contributed by atoms with Crippen LogP contribution < -0.4 is 15.4 Å². The molecule has 0 unspecified atom stereocenters. The molecule has 2 aromatic rings. The first-order valence-corrected chi connectivity index (χ1v) is 6.94. The Hall–Kier alpha value is -1.72. The van der Waals surface area contributed by atoms with Crippen molar-refractivity contribution in [2.24, 2.45) is 0 Å². The molecule has 0 fully saturated rings. The van der Waals surface area contributed by atoms with E-state index in [0.717, 1.165) is 0 Å². The van der Waals surface area contributed by atoms with Gasteiger partial charge in [-0.15, -0.1) is 0 Å². The van der Waals surface area contributed by atoms with Crippen LogP contribution in [0.4, 0.5) is 16.2 Å². The fraction of sp³-hybridized carbons (Fsp3) is 0.0714. The second-order valence-corrected chi connectivity index (χ2v) is 5.08. The molecule has 2 rings (SSSR count). The number of hydrogen-bond donors (Lipinski definition) is 2. The first-order valence-electron chi connectivity index (χ1n) is 5.77. The zero-order valence-corrected chi connectivity index (χ0v) is 13.0. The second kappa shape index (κ2) is 6.63. The minimum atomic E-state index is -0.377. The third kappa shape index (κ3) is 3.43. The van der Waals surface area contributed by atoms with Crippen LogP contribution in [-0.4, -0.2) is 13.1 Å². The Morgan fingerprint density at radius 3 is 2.50 bits per heavy atom. The average molecular weight is 356 g/mol. The lowest BCUT2D eigenvalue weighted by Crippen LogP contribution is -2.20. The monoisotopic (exact) mass is 354 g/mol. The lowest BCUT2D eigenvalue weighted by Gasteiger charge is -2.12. The van der Waals surface area contributed by atoms with Crippen LogP contribution in [0.2, 0.25) is 5.02 Å². The summed E-state index contributed by atoms with van der Waals surface area (Å²) in [5.74, 6) is 0.591. The molecule has 0 saturated heterocycles. The molecule has 0 spiro atoms. The van der Waals surface area contributed by atoms with E-state index in [0.29, 0.717) is 26.6 Å². The van der Waals surface area contributed by atoms with Gasteiger partial charge in [-0.25, -0.2) is 4.79 Å². The number of carbonyl (C=O) groups is 1. The van der Waals surface area contributed by atoms with Crippen LogP contribution in [0.5, 0.6) is 5.75 Å². The van der Waals surface area contributed by atoms with Gasteiger partial charge < -0.3 is 15.4 Å². The Kier molecular flexibility index (Phi) is 4.87. The fourth-order valence-electron chi connectivity index (χ4n) is 1.62. The van der Waals surface area contributed by atoms with Crippen molar-refractivity contribution >= 4 is 44.9 Å². The first-order chi connectivity index (χ1) is 9.61. The second-order valence-electron chi connectivity index (χ2n) is 3.88. The highest BCUT2D eigenvalue weighted by atomic mass is 79.9. The number of nitrogens with one attached hydrogen (secondary N) is 2. The van der Waals surface area contributed by atoms with Crippen LogP contribution in [0.3, 0.4) is 0 Å². The fourth-order valence-corrected chi connectivity index (χ4v) is 2.16. The lowest BCUT2D eigenvalue weighted by molar-refractivity contribution is 0.262. The molecule has 104 valence electrons. The Morgan fingerprint density at radius 1 is 1.10 bits per heavy atom. The maximum Gasteiger partial charge on any atom is 0.323 e. The molecular weight excluding hydrogens is 344 g/mol. The van der Waals surface area contributed by atoms with Gasteiger partial charge in [0.1, 0.15) is 5.75 Å². The zero-order chi connectivity index (χ0) is 14.5. The van der Waals surface area contributed by atoms with Crippen LogP contribution in [0.15, 0.2) is 46.9 Å². The number of para-hydroxylation sites is 2. The SMILES string of the molecule is COc1ccccc1NC(=O)Nc1cccc(Cl)c1Br. The highest BCUT2D eigenvalue weighted by molar-refractivity contribution is 9.10. The van der Waals surface area contributed by atoms with E-state index in [1.54, 1.807) is 37.4 Å². The highest BCUT2D eigenvalue weighted by Crippen LogP contribution is 2.30. The summed E-state index contributed by atoms with van der Waals surface area (Å²) in [6.07, 6.45) is 0. The van der Waals surface area contributed by atoms with E-state index >= 15 is 0 Å². The van der Waals surface area contributed by atoms with Gasteiger partial charge in [0.2, 0.25) is 0 Å². The van der Waals surface area contributed by atoms with Crippen molar-refractivity contribution in [3.63, 3.8) is 0 Å². The Bertz CT molecular complexity index is 634. The lowest BCUT2D eigenvalue weighted by atomic mass is 10.3. The van der Waals surface area contributed by atoms with Crippen molar-refractivity contribution in [2.75, 3.05) is 17.7 Å². The zero-order valence-electron chi connectivity index (χ0n) is 10.6. The molecule has 0 bridgehead atoms. The van der Waals surface area contributed by atoms with E-state index in [1.807, 2.05) is 12.1 Å². The predicted molar refractivity (Wildman–Crippen MR) is 84.8 cm³/mol. The maximum absolute atomic E-state index is 12.0. The summed E-state index contributed by atoms with van der Waals surface area (Å²) in [6.45, 7) is 0. The van der Waals surface area contributed by atoms with E-state index in [9.17, 15) is 4.79 Å². The smallest absolute Gasteiger partial charge is 0.323 e. The Morgan fingerprint density at radius 2 is 1.75 bits per heavy atom. The molecule has 6 heteroatoms. The predicted octanol–water partition coefficient (Wildman–Crippen LogP) is 4.76. The van der Waals surface area contributed by atoms with Crippen LogP contribution in [-0.2, 0) is 0 Å². The summed E-state index contributed by atoms with van der Waals surface area (Å²) in [5.41, 5.74) is 1.18. The number of ether oxygens (including phenoxy) is 1. The van der Waals surface area contributed by atoms with E-state index in [-0.39, 0.29) is 6.03 Å². The van der Waals surface area contributed by atoms with Crippen molar-refractivity contribution in [1.82, 2.24) is 0 Å². The summed E-state index contributed by atoms with van der Waals surface area (Å²) < 4.78 is 5.80. The van der Waals surface area contributed by atoms with Gasteiger partial charge in [-0.1, -0.05) is 29.8 Å². The molecule has 0 atom stereocenters. The summed E-state index contributed by atoms with van der Waals surface area (Å²) >= 11 is 9.29. The Labute approximate surface area is 130 Å². The van der Waals surface area contributed by atoms with Gasteiger partial charge in [0, 0.05) is 0 Å². The highest BCUT2D eigenvalue weighted by Gasteiger charge is 2.09. The molecule has 0 aliphatic rings. The van der Waals surface area contributed by atoms with Crippen molar-refractivity contribution in [3.05, 3.63) is 52.0 Å². The van der Waals surface area contributed by atoms with Gasteiger partial charge >= 0.3 is 6.03 Å². The van der Waals surface area contributed by atoms with Crippen LogP contribution in [0.1, 0.15) is 0 Å². The number of hydrogen-bond acceptors (Lipinski definition) is 2. The molecule has 0 aliphatic carbocycles. The summed E-state index contributed by atoms with van der Waals surface area (Å²) in [4.78, 5) is 12.0. The van der Waals surface area contributed by atoms with E-state index in [2.05, 4.69) is 26.6 Å². The van der Waals surface area contributed by atoms with E-state index in [1.165, 1.54) is 0 Å². The molecule has 0 aromatic heterocycles. The van der Waals surface area contributed by atoms with Gasteiger partial charge in [-0.05, 0) is 40.2 Å². The number of methoxy groups -OCH3 is 1. The topological polar surface area (TPSA) is 50.4 Å². The van der Waals surface area contributed by atoms with Crippen molar-refractivity contribution < 1.29 is 9.53 Å². The van der Waals surface area contributed by atoms with Gasteiger partial charge in [0.05, 0.1) is 28.0 Å².